The van der Waals surface area contributed by atoms with Crippen molar-refractivity contribution in [1.82, 2.24) is 0 Å². The van der Waals surface area contributed by atoms with Crippen molar-refractivity contribution in [2.45, 2.75) is 25.7 Å². The Labute approximate surface area is 133 Å². The molecule has 0 radical (unpaired) electrons. The topological polar surface area (TPSA) is 61.6 Å². The zero-order valence-electron chi connectivity index (χ0n) is 13.2. The predicted octanol–water partition coefficient (Wildman–Crippen LogP) is 2.14. The quantitative estimate of drug-likeness (QED) is 0.878. The molecule has 0 saturated heterocycles. The van der Waals surface area contributed by atoms with Gasteiger partial charge in [-0.05, 0) is 45.0 Å². The number of nitrogens with one attached hydrogen (secondary N) is 1. The van der Waals surface area contributed by atoms with Crippen LogP contribution < -0.4 is 4.90 Å². The molecule has 0 fully saturated rings. The van der Waals surface area contributed by atoms with E-state index < -0.39 is 10.1 Å². The van der Waals surface area contributed by atoms with E-state index in [9.17, 15) is 13.0 Å². The van der Waals surface area contributed by atoms with Crippen molar-refractivity contribution in [2.24, 2.45) is 0 Å². The van der Waals surface area contributed by atoms with Crippen LogP contribution in [0.5, 0.6) is 0 Å². The first-order chi connectivity index (χ1) is 10.4. The highest BCUT2D eigenvalue weighted by atomic mass is 32.2. The summed E-state index contributed by atoms with van der Waals surface area (Å²) in [6.45, 7) is 8.58. The van der Waals surface area contributed by atoms with Gasteiger partial charge in [-0.25, -0.2) is 8.42 Å². The third-order valence-electron chi connectivity index (χ3n) is 3.35. The Bertz CT molecular complexity index is 648. The van der Waals surface area contributed by atoms with Gasteiger partial charge in [0.1, 0.15) is 15.8 Å². The summed E-state index contributed by atoms with van der Waals surface area (Å²) in [6.07, 6.45) is 0. The second-order valence-electron chi connectivity index (χ2n) is 4.94. The number of hydrogen-bond donors (Lipinski definition) is 1. The van der Waals surface area contributed by atoms with Gasteiger partial charge in [-0.1, -0.05) is 35.9 Å². The summed E-state index contributed by atoms with van der Waals surface area (Å²) in [5, 5.41) is 0. The summed E-state index contributed by atoms with van der Waals surface area (Å²) < 4.78 is 31.2. The van der Waals surface area contributed by atoms with Gasteiger partial charge < -0.3 is 9.45 Å². The normalized spacial score (nSPS) is 11.0. The van der Waals surface area contributed by atoms with Gasteiger partial charge in [0.15, 0.2) is 0 Å². The first-order valence-electron chi connectivity index (χ1n) is 7.31. The maximum Gasteiger partial charge on any atom is 0.131 e. The summed E-state index contributed by atoms with van der Waals surface area (Å²) in [7, 11) is -4.27. The number of quaternary nitrogens is 1. The molecule has 0 aliphatic rings. The van der Waals surface area contributed by atoms with Crippen LogP contribution in [0, 0.1) is 6.92 Å². The average Bonchev–Trinajstić information content (AvgIpc) is 2.50. The minimum absolute atomic E-state index is 0.178. The Kier molecular flexibility index (Phi) is 7.24. The summed E-state index contributed by atoms with van der Waals surface area (Å²) >= 11 is 0. The highest BCUT2D eigenvalue weighted by Gasteiger charge is 2.03. The van der Waals surface area contributed by atoms with Crippen molar-refractivity contribution >= 4 is 15.8 Å². The Morgan fingerprint density at radius 2 is 1.41 bits per heavy atom. The molecular formula is C17H23NO3S. The fourth-order valence-electron chi connectivity index (χ4n) is 2.04. The molecule has 2 aromatic rings. The third-order valence-corrected chi connectivity index (χ3v) is 4.19. The first kappa shape index (κ1) is 18.4. The molecule has 120 valence electrons. The highest BCUT2D eigenvalue weighted by molar-refractivity contribution is 7.85. The molecule has 2 rings (SSSR count). The third kappa shape index (κ3) is 5.97. The van der Waals surface area contributed by atoms with Gasteiger partial charge in [-0.2, -0.15) is 0 Å². The summed E-state index contributed by atoms with van der Waals surface area (Å²) in [6, 6.07) is 16.4. The summed E-state index contributed by atoms with van der Waals surface area (Å²) in [5.74, 6) is 0. The van der Waals surface area contributed by atoms with Crippen LogP contribution in [-0.4, -0.2) is 26.1 Å². The lowest BCUT2D eigenvalue weighted by molar-refractivity contribution is -0.828. The number of para-hydroxylation sites is 1. The highest BCUT2D eigenvalue weighted by Crippen LogP contribution is 2.08. The summed E-state index contributed by atoms with van der Waals surface area (Å²) in [4.78, 5) is 1.37. The van der Waals surface area contributed by atoms with Gasteiger partial charge in [0, 0.05) is 0 Å². The zero-order chi connectivity index (χ0) is 16.6. The fraction of sp³-hybridized carbons (Fsp3) is 0.294. The molecule has 1 N–H and O–H groups in total. The standard InChI is InChI=1S/C10H15N.C7H8O3S/c1-3-11(4-2)10-8-6-5-7-9-10;1-6-2-4-7(5-3-6)11(8,9)10/h5-9H,3-4H2,1-2H3;2-5H,1H3,(H,8,9,10). The van der Waals surface area contributed by atoms with Crippen LogP contribution in [0.4, 0.5) is 5.69 Å². The number of rotatable bonds is 4. The molecule has 0 saturated carbocycles. The van der Waals surface area contributed by atoms with Crippen LogP contribution in [0.25, 0.3) is 0 Å². The van der Waals surface area contributed by atoms with Crippen molar-refractivity contribution in [1.29, 1.82) is 0 Å². The Balaban J connectivity index is 0.000000220. The van der Waals surface area contributed by atoms with Gasteiger partial charge in [-0.15, -0.1) is 0 Å². The second kappa shape index (κ2) is 8.68. The molecule has 0 unspecified atom stereocenters. The van der Waals surface area contributed by atoms with Crippen molar-refractivity contribution in [3.8, 4) is 0 Å². The van der Waals surface area contributed by atoms with E-state index in [-0.39, 0.29) is 4.90 Å². The molecule has 0 aliphatic carbocycles. The van der Waals surface area contributed by atoms with Gasteiger partial charge in [0.05, 0.1) is 18.0 Å². The lowest BCUT2D eigenvalue weighted by Crippen LogP contribution is -3.06. The van der Waals surface area contributed by atoms with Crippen molar-refractivity contribution in [2.75, 3.05) is 13.1 Å². The minimum Gasteiger partial charge on any atom is -0.744 e. The number of hydrogen-bond acceptors (Lipinski definition) is 3. The molecule has 0 heterocycles. The molecule has 5 heteroatoms. The van der Waals surface area contributed by atoms with Crippen molar-refractivity contribution in [3.63, 3.8) is 0 Å². The van der Waals surface area contributed by atoms with E-state index in [1.54, 1.807) is 17.0 Å². The smallest absolute Gasteiger partial charge is 0.131 e. The molecule has 0 aromatic heterocycles. The maximum atomic E-state index is 10.4. The molecule has 0 spiro atoms. The summed E-state index contributed by atoms with van der Waals surface area (Å²) in [5.41, 5.74) is 2.33. The van der Waals surface area contributed by atoms with Gasteiger partial charge in [0.25, 0.3) is 0 Å². The van der Waals surface area contributed by atoms with E-state index in [4.69, 9.17) is 0 Å². The number of benzene rings is 2. The lowest BCUT2D eigenvalue weighted by atomic mass is 10.2. The molecule has 2 aromatic carbocycles. The Hall–Kier alpha value is -1.69. The Morgan fingerprint density at radius 1 is 0.909 bits per heavy atom. The van der Waals surface area contributed by atoms with E-state index in [2.05, 4.69) is 44.2 Å². The van der Waals surface area contributed by atoms with E-state index in [1.807, 2.05) is 6.92 Å². The lowest BCUT2D eigenvalue weighted by Gasteiger charge is -2.13. The van der Waals surface area contributed by atoms with Gasteiger partial charge in [0.2, 0.25) is 0 Å². The second-order valence-corrected chi connectivity index (χ2v) is 6.32. The molecular weight excluding hydrogens is 298 g/mol. The molecule has 22 heavy (non-hydrogen) atoms. The number of aryl methyl sites for hydroxylation is 1. The van der Waals surface area contributed by atoms with E-state index in [1.165, 1.54) is 30.9 Å². The first-order valence-corrected chi connectivity index (χ1v) is 8.72. The monoisotopic (exact) mass is 321 g/mol. The zero-order valence-corrected chi connectivity index (χ0v) is 14.1. The van der Waals surface area contributed by atoms with Crippen LogP contribution in [0.2, 0.25) is 0 Å². The van der Waals surface area contributed by atoms with Crippen LogP contribution >= 0.6 is 0 Å². The average molecular weight is 321 g/mol. The van der Waals surface area contributed by atoms with Crippen molar-refractivity contribution in [3.05, 3.63) is 60.2 Å². The molecule has 0 bridgehead atoms. The van der Waals surface area contributed by atoms with Crippen molar-refractivity contribution < 1.29 is 17.9 Å². The van der Waals surface area contributed by atoms with Crippen LogP contribution in [0.3, 0.4) is 0 Å². The molecule has 0 atom stereocenters. The minimum atomic E-state index is -4.27. The molecule has 0 aliphatic heterocycles. The van der Waals surface area contributed by atoms with Crippen LogP contribution in [0.1, 0.15) is 19.4 Å². The molecule has 0 amide bonds. The van der Waals surface area contributed by atoms with Gasteiger partial charge >= 0.3 is 0 Å². The largest absolute Gasteiger partial charge is 0.744 e. The van der Waals surface area contributed by atoms with E-state index >= 15 is 0 Å². The van der Waals surface area contributed by atoms with Crippen LogP contribution in [-0.2, 0) is 10.1 Å². The van der Waals surface area contributed by atoms with Gasteiger partial charge in [-0.3, -0.25) is 0 Å². The van der Waals surface area contributed by atoms with E-state index in [0.29, 0.717) is 0 Å². The fourth-order valence-corrected chi connectivity index (χ4v) is 2.51. The Morgan fingerprint density at radius 3 is 1.82 bits per heavy atom. The SMILES string of the molecule is CC[NH+](CC)c1ccccc1.Cc1ccc(S(=O)(=O)[O-])cc1. The molecule has 4 nitrogen and oxygen atoms in total. The maximum absolute atomic E-state index is 10.4. The predicted molar refractivity (Wildman–Crippen MR) is 87.3 cm³/mol. The van der Waals surface area contributed by atoms with E-state index in [0.717, 1.165) is 5.56 Å². The van der Waals surface area contributed by atoms with Crippen LogP contribution in [0.15, 0.2) is 59.5 Å².